The van der Waals surface area contributed by atoms with E-state index in [1.807, 2.05) is 54.6 Å². The summed E-state index contributed by atoms with van der Waals surface area (Å²) in [5, 5.41) is 7.82. The van der Waals surface area contributed by atoms with Gasteiger partial charge in [-0.1, -0.05) is 30.3 Å². The number of ether oxygens (including phenoxy) is 1. The summed E-state index contributed by atoms with van der Waals surface area (Å²) in [4.78, 5) is 23.5. The molecule has 0 bridgehead atoms. The largest absolute Gasteiger partial charge is 0.457 e. The molecule has 1 aliphatic rings. The number of hydrogen-bond donors (Lipinski definition) is 2. The molecule has 0 aromatic heterocycles. The second-order valence-electron chi connectivity index (χ2n) is 6.10. The van der Waals surface area contributed by atoms with Crippen LogP contribution >= 0.6 is 0 Å². The zero-order valence-electron chi connectivity index (χ0n) is 14.9. The van der Waals surface area contributed by atoms with Crippen LogP contribution < -0.4 is 15.6 Å². The summed E-state index contributed by atoms with van der Waals surface area (Å²) in [6.07, 6.45) is 2.15. The first kappa shape index (κ1) is 18.3. The maximum absolute atomic E-state index is 11.9. The first-order valence-electron chi connectivity index (χ1n) is 8.61. The van der Waals surface area contributed by atoms with Crippen LogP contribution in [-0.4, -0.2) is 23.7 Å². The first-order chi connectivity index (χ1) is 13.1. The van der Waals surface area contributed by atoms with Crippen molar-refractivity contribution in [2.75, 3.05) is 0 Å². The molecule has 27 heavy (non-hydrogen) atoms. The number of para-hydroxylation sites is 1. The van der Waals surface area contributed by atoms with Crippen molar-refractivity contribution in [3.63, 3.8) is 0 Å². The number of carbonyl (C=O) groups excluding carboxylic acids is 2. The van der Waals surface area contributed by atoms with E-state index in [0.717, 1.165) is 11.3 Å². The van der Waals surface area contributed by atoms with Crippen LogP contribution in [0, 0.1) is 5.92 Å². The summed E-state index contributed by atoms with van der Waals surface area (Å²) in [5.41, 5.74) is 6.37. The van der Waals surface area contributed by atoms with Crippen LogP contribution in [0.1, 0.15) is 25.3 Å². The van der Waals surface area contributed by atoms with E-state index < -0.39 is 0 Å². The second-order valence-corrected chi connectivity index (χ2v) is 6.10. The molecule has 0 saturated carbocycles. The Kier molecular flexibility index (Phi) is 5.94. The Morgan fingerprint density at radius 3 is 2.74 bits per heavy atom. The predicted octanol–water partition coefficient (Wildman–Crippen LogP) is 2.83. The lowest BCUT2D eigenvalue weighted by Crippen LogP contribution is -2.25. The molecule has 2 aromatic rings. The third-order valence-electron chi connectivity index (χ3n) is 4.06. The minimum absolute atomic E-state index is 0.168. The zero-order chi connectivity index (χ0) is 19.1. The highest BCUT2D eigenvalue weighted by Crippen LogP contribution is 2.21. The van der Waals surface area contributed by atoms with E-state index in [1.54, 1.807) is 13.1 Å². The highest BCUT2D eigenvalue weighted by molar-refractivity contribution is 6.07. The highest BCUT2D eigenvalue weighted by atomic mass is 16.5. The van der Waals surface area contributed by atoms with Gasteiger partial charge in [0.2, 0.25) is 11.8 Å². The number of hydrazone groups is 2. The van der Waals surface area contributed by atoms with Crippen LogP contribution in [-0.2, 0) is 9.59 Å². The Balaban J connectivity index is 1.49. The van der Waals surface area contributed by atoms with E-state index >= 15 is 0 Å². The van der Waals surface area contributed by atoms with E-state index in [9.17, 15) is 9.59 Å². The molecule has 1 atom stereocenters. The van der Waals surface area contributed by atoms with Crippen LogP contribution in [0.4, 0.5) is 0 Å². The summed E-state index contributed by atoms with van der Waals surface area (Å²) in [6, 6.07) is 16.8. The molecular weight excluding hydrogens is 344 g/mol. The van der Waals surface area contributed by atoms with Crippen LogP contribution in [0.3, 0.4) is 0 Å². The SMILES string of the molecule is CC1=NNC(=O)C1CCC(=O)N/N=C\c1cccc(Oc2ccccc2)c1. The molecule has 2 aromatic carbocycles. The van der Waals surface area contributed by atoms with E-state index in [1.165, 1.54) is 0 Å². The average molecular weight is 364 g/mol. The molecule has 7 nitrogen and oxygen atoms in total. The third kappa shape index (κ3) is 5.24. The van der Waals surface area contributed by atoms with Gasteiger partial charge in [0.05, 0.1) is 12.1 Å². The first-order valence-corrected chi connectivity index (χ1v) is 8.61. The quantitative estimate of drug-likeness (QED) is 0.584. The molecule has 0 saturated heterocycles. The molecule has 2 amide bonds. The monoisotopic (exact) mass is 364 g/mol. The lowest BCUT2D eigenvalue weighted by Gasteiger charge is -2.06. The van der Waals surface area contributed by atoms with Gasteiger partial charge in [0.25, 0.3) is 0 Å². The van der Waals surface area contributed by atoms with Gasteiger partial charge in [-0.15, -0.1) is 0 Å². The van der Waals surface area contributed by atoms with Crippen LogP contribution in [0.2, 0.25) is 0 Å². The number of nitrogens with one attached hydrogen (secondary N) is 2. The lowest BCUT2D eigenvalue weighted by molar-refractivity contribution is -0.123. The summed E-state index contributed by atoms with van der Waals surface area (Å²) in [7, 11) is 0. The molecule has 0 spiro atoms. The average Bonchev–Trinajstić information content (AvgIpc) is 2.99. The van der Waals surface area contributed by atoms with Gasteiger partial charge in [-0.05, 0) is 43.2 Å². The lowest BCUT2D eigenvalue weighted by atomic mass is 9.99. The van der Waals surface area contributed by atoms with E-state index in [2.05, 4.69) is 21.1 Å². The van der Waals surface area contributed by atoms with Gasteiger partial charge in [0.15, 0.2) is 0 Å². The Morgan fingerprint density at radius 1 is 1.22 bits per heavy atom. The Hall–Kier alpha value is -3.48. The zero-order valence-corrected chi connectivity index (χ0v) is 14.9. The normalized spacial score (nSPS) is 16.1. The van der Waals surface area contributed by atoms with Gasteiger partial charge in [-0.2, -0.15) is 10.2 Å². The fourth-order valence-corrected chi connectivity index (χ4v) is 2.62. The standard InChI is InChI=1S/C20H20N4O3/c1-14-18(20(26)24-22-14)10-11-19(25)23-21-13-15-6-5-9-17(12-15)27-16-7-3-2-4-8-16/h2-9,12-13,18H,10-11H2,1H3,(H,23,25)(H,24,26)/b21-13-. The van der Waals surface area contributed by atoms with Crippen LogP contribution in [0.5, 0.6) is 11.5 Å². The molecule has 0 fully saturated rings. The van der Waals surface area contributed by atoms with Gasteiger partial charge >= 0.3 is 0 Å². The topological polar surface area (TPSA) is 92.2 Å². The van der Waals surface area contributed by atoms with Gasteiger partial charge in [-0.25, -0.2) is 10.9 Å². The Labute approximate surface area is 157 Å². The van der Waals surface area contributed by atoms with Crippen molar-refractivity contribution in [1.82, 2.24) is 10.9 Å². The fourth-order valence-electron chi connectivity index (χ4n) is 2.62. The number of benzene rings is 2. The number of amides is 2. The van der Waals surface area contributed by atoms with Crippen molar-refractivity contribution in [3.05, 3.63) is 60.2 Å². The molecule has 3 rings (SSSR count). The molecule has 2 N–H and O–H groups in total. The molecule has 1 heterocycles. The maximum atomic E-state index is 11.9. The molecular formula is C20H20N4O3. The fraction of sp³-hybridized carbons (Fsp3) is 0.200. The number of hydrogen-bond acceptors (Lipinski definition) is 5. The van der Waals surface area contributed by atoms with E-state index in [-0.39, 0.29) is 24.2 Å². The van der Waals surface area contributed by atoms with Crippen molar-refractivity contribution in [2.45, 2.75) is 19.8 Å². The van der Waals surface area contributed by atoms with Crippen molar-refractivity contribution in [3.8, 4) is 11.5 Å². The van der Waals surface area contributed by atoms with Crippen molar-refractivity contribution in [1.29, 1.82) is 0 Å². The summed E-state index contributed by atoms with van der Waals surface area (Å²) >= 11 is 0. The highest BCUT2D eigenvalue weighted by Gasteiger charge is 2.26. The van der Waals surface area contributed by atoms with Crippen molar-refractivity contribution < 1.29 is 14.3 Å². The molecule has 7 heteroatoms. The van der Waals surface area contributed by atoms with Crippen molar-refractivity contribution in [2.24, 2.45) is 16.1 Å². The minimum Gasteiger partial charge on any atom is -0.457 e. The minimum atomic E-state index is -0.341. The molecule has 0 radical (unpaired) electrons. The number of nitrogens with zero attached hydrogens (tertiary/aromatic N) is 2. The maximum Gasteiger partial charge on any atom is 0.248 e. The second kappa shape index (κ2) is 8.75. The molecule has 1 aliphatic heterocycles. The Morgan fingerprint density at radius 2 is 2.00 bits per heavy atom. The van der Waals surface area contributed by atoms with E-state index in [4.69, 9.17) is 4.74 Å². The number of rotatable bonds is 7. The molecule has 0 aliphatic carbocycles. The van der Waals surface area contributed by atoms with E-state index in [0.29, 0.717) is 17.9 Å². The van der Waals surface area contributed by atoms with Crippen LogP contribution in [0.15, 0.2) is 64.8 Å². The van der Waals surface area contributed by atoms with Crippen molar-refractivity contribution >= 4 is 23.7 Å². The third-order valence-corrected chi connectivity index (χ3v) is 4.06. The number of carbonyl (C=O) groups is 2. The van der Waals surface area contributed by atoms with Crippen LogP contribution in [0.25, 0.3) is 0 Å². The smallest absolute Gasteiger partial charge is 0.248 e. The van der Waals surface area contributed by atoms with Gasteiger partial charge in [0.1, 0.15) is 11.5 Å². The van der Waals surface area contributed by atoms with Gasteiger partial charge < -0.3 is 4.74 Å². The Bertz CT molecular complexity index is 878. The van der Waals surface area contributed by atoms with Gasteiger partial charge in [0, 0.05) is 12.1 Å². The molecule has 1 unspecified atom stereocenters. The summed E-state index contributed by atoms with van der Waals surface area (Å²) in [6.45, 7) is 1.77. The summed E-state index contributed by atoms with van der Waals surface area (Å²) < 4.78 is 5.76. The summed E-state index contributed by atoms with van der Waals surface area (Å²) in [5.74, 6) is 0.661. The van der Waals surface area contributed by atoms with Gasteiger partial charge in [-0.3, -0.25) is 9.59 Å². The molecule has 138 valence electrons. The predicted molar refractivity (Wildman–Crippen MR) is 103 cm³/mol.